The molecule has 1 heteroatoms. The Morgan fingerprint density at radius 1 is 1.12 bits per heavy atom. The first kappa shape index (κ1) is 12.4. The van der Waals surface area contributed by atoms with Crippen LogP contribution >= 0.6 is 0 Å². The fourth-order valence-corrected chi connectivity index (χ4v) is 4.54. The molecule has 5 atom stereocenters. The summed E-state index contributed by atoms with van der Waals surface area (Å²) in [6.45, 7) is 14.8. The smallest absolute Gasteiger partial charge is 0.0152 e. The molecule has 3 aliphatic heterocycles. The molecule has 3 fully saturated rings. The molecular formula is C15H29N. The van der Waals surface area contributed by atoms with Crippen LogP contribution in [0.1, 0.15) is 47.5 Å². The van der Waals surface area contributed by atoms with Crippen LogP contribution in [0.2, 0.25) is 0 Å². The van der Waals surface area contributed by atoms with Gasteiger partial charge in [0.25, 0.3) is 0 Å². The average molecular weight is 223 g/mol. The second-order valence-electron chi connectivity index (χ2n) is 6.67. The minimum Gasteiger partial charge on any atom is -0.300 e. The largest absolute Gasteiger partial charge is 0.300 e. The fraction of sp³-hybridized carbons (Fsp3) is 1.00. The van der Waals surface area contributed by atoms with Crippen molar-refractivity contribution in [2.45, 2.75) is 53.5 Å². The van der Waals surface area contributed by atoms with Gasteiger partial charge in [-0.2, -0.15) is 0 Å². The molecule has 3 saturated heterocycles. The second-order valence-corrected chi connectivity index (χ2v) is 6.67. The number of nitrogens with zero attached hydrogens (tertiary/aromatic N) is 1. The van der Waals surface area contributed by atoms with Crippen LogP contribution in [0, 0.1) is 29.6 Å². The van der Waals surface area contributed by atoms with Crippen LogP contribution in [0.4, 0.5) is 0 Å². The average Bonchev–Trinajstić information content (AvgIpc) is 2.27. The lowest BCUT2D eigenvalue weighted by molar-refractivity contribution is -0.0876. The fourth-order valence-electron chi connectivity index (χ4n) is 4.54. The maximum atomic E-state index is 2.81. The summed E-state index contributed by atoms with van der Waals surface area (Å²) in [7, 11) is 0. The third kappa shape index (κ3) is 1.92. The van der Waals surface area contributed by atoms with E-state index >= 15 is 0 Å². The van der Waals surface area contributed by atoms with E-state index in [1.54, 1.807) is 0 Å². The summed E-state index contributed by atoms with van der Waals surface area (Å²) >= 11 is 0. The molecule has 0 radical (unpaired) electrons. The molecule has 0 aromatic carbocycles. The van der Waals surface area contributed by atoms with Gasteiger partial charge in [0, 0.05) is 12.6 Å². The van der Waals surface area contributed by atoms with Crippen LogP contribution < -0.4 is 0 Å². The van der Waals surface area contributed by atoms with E-state index in [-0.39, 0.29) is 0 Å². The Labute approximate surface area is 102 Å². The highest BCUT2D eigenvalue weighted by Crippen LogP contribution is 2.47. The lowest BCUT2D eigenvalue weighted by Crippen LogP contribution is -2.61. The molecule has 1 nitrogen and oxygen atoms in total. The highest BCUT2D eigenvalue weighted by molar-refractivity contribution is 5.00. The molecule has 5 unspecified atom stereocenters. The normalized spacial score (nSPS) is 43.3. The number of hydrogen-bond donors (Lipinski definition) is 0. The van der Waals surface area contributed by atoms with Crippen molar-refractivity contribution in [3.05, 3.63) is 0 Å². The van der Waals surface area contributed by atoms with Gasteiger partial charge in [-0.25, -0.2) is 0 Å². The van der Waals surface area contributed by atoms with Gasteiger partial charge in [-0.3, -0.25) is 4.90 Å². The Balaban J connectivity index is 2.22. The Hall–Kier alpha value is -0.0400. The van der Waals surface area contributed by atoms with Crippen molar-refractivity contribution in [1.29, 1.82) is 0 Å². The summed E-state index contributed by atoms with van der Waals surface area (Å²) < 4.78 is 0. The molecule has 94 valence electrons. The van der Waals surface area contributed by atoms with Gasteiger partial charge in [0.15, 0.2) is 0 Å². The predicted octanol–water partition coefficient (Wildman–Crippen LogP) is 3.64. The first-order valence-electron chi connectivity index (χ1n) is 7.30. The van der Waals surface area contributed by atoms with E-state index in [1.165, 1.54) is 25.9 Å². The molecule has 16 heavy (non-hydrogen) atoms. The molecule has 0 aliphatic carbocycles. The van der Waals surface area contributed by atoms with Gasteiger partial charge in [0.05, 0.1) is 0 Å². The van der Waals surface area contributed by atoms with Crippen molar-refractivity contribution < 1.29 is 0 Å². The van der Waals surface area contributed by atoms with Gasteiger partial charge in [0.1, 0.15) is 0 Å². The minimum absolute atomic E-state index is 0.827. The first-order chi connectivity index (χ1) is 7.56. The zero-order valence-corrected chi connectivity index (χ0v) is 11.7. The highest BCUT2D eigenvalue weighted by Gasteiger charge is 2.48. The summed E-state index contributed by atoms with van der Waals surface area (Å²) in [5.74, 6) is 4.63. The van der Waals surface area contributed by atoms with Crippen LogP contribution in [0.25, 0.3) is 0 Å². The van der Waals surface area contributed by atoms with E-state index in [9.17, 15) is 0 Å². The molecule has 0 aromatic heterocycles. The Morgan fingerprint density at radius 2 is 1.81 bits per heavy atom. The lowest BCUT2D eigenvalue weighted by atomic mass is 9.61. The van der Waals surface area contributed by atoms with Crippen molar-refractivity contribution in [2.75, 3.05) is 13.1 Å². The number of hydrogen-bond acceptors (Lipinski definition) is 1. The molecule has 0 amide bonds. The van der Waals surface area contributed by atoms with Crippen LogP contribution in [0.15, 0.2) is 0 Å². The highest BCUT2D eigenvalue weighted by atomic mass is 15.2. The topological polar surface area (TPSA) is 3.24 Å². The number of piperidine rings is 3. The molecule has 3 rings (SSSR count). The third-order valence-electron chi connectivity index (χ3n) is 5.11. The minimum atomic E-state index is 0.827. The molecule has 0 aromatic rings. The zero-order valence-electron chi connectivity index (χ0n) is 11.7. The molecule has 0 N–H and O–H groups in total. The monoisotopic (exact) mass is 223 g/mol. The summed E-state index contributed by atoms with van der Waals surface area (Å²) in [5, 5.41) is 0. The molecule has 2 bridgehead atoms. The Bertz CT molecular complexity index is 234. The lowest BCUT2D eigenvalue weighted by Gasteiger charge is -2.57. The van der Waals surface area contributed by atoms with Crippen LogP contribution in [0.5, 0.6) is 0 Å². The second kappa shape index (κ2) is 4.68. The molecular weight excluding hydrogens is 194 g/mol. The summed E-state index contributed by atoms with van der Waals surface area (Å²) in [6.07, 6.45) is 2.85. The molecule has 3 heterocycles. The van der Waals surface area contributed by atoms with Crippen molar-refractivity contribution in [3.63, 3.8) is 0 Å². The summed E-state index contributed by atoms with van der Waals surface area (Å²) in [5.41, 5.74) is 0. The third-order valence-corrected chi connectivity index (χ3v) is 5.11. The SMILES string of the molecule is CCC1CN2CCC1C(C(C)C)C2C(C)C. The van der Waals surface area contributed by atoms with E-state index in [0.29, 0.717) is 0 Å². The number of fused-ring (bicyclic) bond motifs is 3. The van der Waals surface area contributed by atoms with Crippen LogP contribution in [-0.2, 0) is 0 Å². The van der Waals surface area contributed by atoms with E-state index in [1.807, 2.05) is 0 Å². The van der Waals surface area contributed by atoms with E-state index in [0.717, 1.165) is 35.6 Å². The maximum absolute atomic E-state index is 2.81. The van der Waals surface area contributed by atoms with E-state index in [4.69, 9.17) is 0 Å². The van der Waals surface area contributed by atoms with Gasteiger partial charge >= 0.3 is 0 Å². The van der Waals surface area contributed by atoms with Crippen LogP contribution in [0.3, 0.4) is 0 Å². The first-order valence-corrected chi connectivity index (χ1v) is 7.30. The van der Waals surface area contributed by atoms with E-state index < -0.39 is 0 Å². The Morgan fingerprint density at radius 3 is 2.31 bits per heavy atom. The quantitative estimate of drug-likeness (QED) is 0.706. The maximum Gasteiger partial charge on any atom is 0.0152 e. The zero-order chi connectivity index (χ0) is 11.9. The molecule has 3 aliphatic rings. The van der Waals surface area contributed by atoms with Crippen molar-refractivity contribution in [1.82, 2.24) is 4.90 Å². The van der Waals surface area contributed by atoms with Crippen LogP contribution in [-0.4, -0.2) is 24.0 Å². The summed E-state index contributed by atoms with van der Waals surface area (Å²) in [4.78, 5) is 2.81. The van der Waals surface area contributed by atoms with Crippen molar-refractivity contribution in [3.8, 4) is 0 Å². The van der Waals surface area contributed by atoms with Crippen molar-refractivity contribution >= 4 is 0 Å². The summed E-state index contributed by atoms with van der Waals surface area (Å²) in [6, 6.07) is 0.863. The van der Waals surface area contributed by atoms with Gasteiger partial charge in [-0.15, -0.1) is 0 Å². The van der Waals surface area contributed by atoms with Crippen molar-refractivity contribution in [2.24, 2.45) is 29.6 Å². The standard InChI is InChI=1S/C15H29N/c1-6-12-9-16-8-7-13(12)14(10(2)3)15(16)11(4)5/h10-15H,6-9H2,1-5H3. The predicted molar refractivity (Wildman–Crippen MR) is 70.4 cm³/mol. The van der Waals surface area contributed by atoms with Gasteiger partial charge in [0.2, 0.25) is 0 Å². The molecule has 0 spiro atoms. The van der Waals surface area contributed by atoms with E-state index in [2.05, 4.69) is 39.5 Å². The van der Waals surface area contributed by atoms with Gasteiger partial charge in [-0.1, -0.05) is 41.0 Å². The molecule has 0 saturated carbocycles. The number of rotatable bonds is 3. The van der Waals surface area contributed by atoms with Gasteiger partial charge in [-0.05, 0) is 42.6 Å². The van der Waals surface area contributed by atoms with Gasteiger partial charge < -0.3 is 0 Å². The Kier molecular flexibility index (Phi) is 3.63.